The number of hydrogen-bond acceptors (Lipinski definition) is 12. The molecule has 4 rings (SSSR count). The van der Waals surface area contributed by atoms with Crippen LogP contribution in [-0.4, -0.2) is 50.2 Å². The van der Waals surface area contributed by atoms with Crippen LogP contribution in [0.5, 0.6) is 0 Å². The van der Waals surface area contributed by atoms with Gasteiger partial charge in [0.2, 0.25) is 12.7 Å². The highest BCUT2D eigenvalue weighted by Gasteiger charge is 2.12. The lowest BCUT2D eigenvalue weighted by Gasteiger charge is -2.08. The van der Waals surface area contributed by atoms with Gasteiger partial charge in [0.1, 0.15) is 0 Å². The van der Waals surface area contributed by atoms with Gasteiger partial charge in [0, 0.05) is 45.1 Å². The number of benzene rings is 2. The summed E-state index contributed by atoms with van der Waals surface area (Å²) in [7, 11) is 2.27. The zero-order valence-electron chi connectivity index (χ0n) is 22.4. The van der Waals surface area contributed by atoms with Crippen LogP contribution in [0, 0.1) is 0 Å². The first-order chi connectivity index (χ1) is 19.0. The predicted molar refractivity (Wildman–Crippen MR) is 142 cm³/mol. The molecule has 0 radical (unpaired) electrons. The van der Waals surface area contributed by atoms with Crippen molar-refractivity contribution in [2.24, 2.45) is 48.6 Å². The molecule has 17 heteroatoms. The summed E-state index contributed by atoms with van der Waals surface area (Å²) >= 11 is 0. The van der Waals surface area contributed by atoms with Gasteiger partial charge < -0.3 is 19.7 Å². The summed E-state index contributed by atoms with van der Waals surface area (Å²) in [6.07, 6.45) is 4.36. The molecule has 2 heterocycles. The van der Waals surface area contributed by atoms with E-state index in [1.54, 1.807) is 22.0 Å². The zero-order valence-corrected chi connectivity index (χ0v) is 23.2. The number of aromatic nitrogens is 6. The van der Waals surface area contributed by atoms with Gasteiger partial charge in [-0.15, -0.1) is 9.36 Å². The Labute approximate surface area is 231 Å². The highest BCUT2D eigenvalue weighted by Crippen LogP contribution is 2.20. The number of hydrogen-bond donors (Lipinski definition) is 2. The van der Waals surface area contributed by atoms with E-state index in [4.69, 9.17) is 17.5 Å². The summed E-state index contributed by atoms with van der Waals surface area (Å²) in [6.45, 7) is 1.71. The molecule has 212 valence electrons. The molecule has 0 amide bonds. The zero-order chi connectivity index (χ0) is 29.1. The lowest BCUT2D eigenvalue weighted by molar-refractivity contribution is -0.659. The van der Waals surface area contributed by atoms with Gasteiger partial charge in [-0.1, -0.05) is 10.2 Å². The van der Waals surface area contributed by atoms with Crippen molar-refractivity contribution in [3.63, 3.8) is 0 Å². The average Bonchev–Trinajstić information content (AvgIpc) is 3.40. The van der Waals surface area contributed by atoms with E-state index in [-0.39, 0.29) is 0 Å². The lowest BCUT2D eigenvalue weighted by atomic mass is 10.2. The monoisotopic (exact) mass is 570 g/mol. The largest absolute Gasteiger partial charge is 0.759 e. The Morgan fingerprint density at radius 2 is 1.07 bits per heavy atom. The van der Waals surface area contributed by atoms with Crippen LogP contribution in [-0.2, 0) is 38.6 Å². The maximum absolute atomic E-state index is 8.52. The molecule has 4 aromatic rings. The average molecular weight is 571 g/mol. The van der Waals surface area contributed by atoms with E-state index in [0.29, 0.717) is 11.9 Å². The third-order valence-corrected chi connectivity index (χ3v) is 5.26. The molecule has 0 unspecified atom stereocenters. The van der Waals surface area contributed by atoms with Gasteiger partial charge in [-0.25, -0.2) is 9.13 Å². The van der Waals surface area contributed by atoms with Crippen molar-refractivity contribution in [2.45, 2.75) is 6.42 Å². The molecule has 0 atom stereocenters. The molecule has 0 aliphatic carbocycles. The molecule has 2 aromatic carbocycles. The first-order valence-electron chi connectivity index (χ1n) is 11.9. The first kappa shape index (κ1) is 29.9. The molecule has 16 nitrogen and oxygen atoms in total. The van der Waals surface area contributed by atoms with Crippen molar-refractivity contribution in [3.8, 4) is 0 Å². The fourth-order valence-electron chi connectivity index (χ4n) is 3.29. The summed E-state index contributed by atoms with van der Waals surface area (Å²) in [5, 5.41) is 32.2. The van der Waals surface area contributed by atoms with Crippen LogP contribution in [0.1, 0.15) is 6.42 Å². The van der Waals surface area contributed by atoms with Gasteiger partial charge in [0.25, 0.3) is 0 Å². The van der Waals surface area contributed by atoms with Crippen molar-refractivity contribution in [2.75, 3.05) is 23.7 Å². The quantitative estimate of drug-likeness (QED) is 0.0950. The number of nitrogens with zero attached hydrogens (tertiary/aromatic N) is 10. The fourth-order valence-corrected chi connectivity index (χ4v) is 3.29. The van der Waals surface area contributed by atoms with E-state index in [0.717, 1.165) is 42.3 Å². The van der Waals surface area contributed by atoms with Gasteiger partial charge in [0.15, 0.2) is 0 Å². The Kier molecular flexibility index (Phi) is 10.5. The minimum Gasteiger partial charge on any atom is -0.759 e. The third kappa shape index (κ3) is 9.93. The topological polar surface area (TPSA) is 197 Å². The molecule has 0 aliphatic rings. The van der Waals surface area contributed by atoms with Crippen LogP contribution in [0.3, 0.4) is 0 Å². The molecule has 40 heavy (non-hydrogen) atoms. The van der Waals surface area contributed by atoms with E-state index >= 15 is 0 Å². The first-order valence-corrected chi connectivity index (χ1v) is 13.3. The molecule has 0 saturated carbocycles. The molecule has 0 aliphatic heterocycles. The molecular weight excluding hydrogens is 540 g/mol. The number of aryl methyl sites for hydroxylation is 4. The van der Waals surface area contributed by atoms with Gasteiger partial charge >= 0.3 is 11.9 Å². The Balaban J connectivity index is 0.000000810. The van der Waals surface area contributed by atoms with E-state index in [1.165, 1.54) is 0 Å². The Morgan fingerprint density at radius 1 is 0.725 bits per heavy atom. The van der Waals surface area contributed by atoms with E-state index in [9.17, 15) is 0 Å². The van der Waals surface area contributed by atoms with Gasteiger partial charge in [0.05, 0.1) is 39.6 Å². The van der Waals surface area contributed by atoms with Crippen molar-refractivity contribution >= 4 is 45.0 Å². The fraction of sp³-hybridized carbons (Fsp3) is 0.304. The molecule has 0 bridgehead atoms. The number of nitrogens with one attached hydrogen (secondary N) is 2. The van der Waals surface area contributed by atoms with Gasteiger partial charge in [-0.3, -0.25) is 8.42 Å². The second-order valence-corrected chi connectivity index (χ2v) is 9.26. The smallest absolute Gasteiger partial charge is 0.403 e. The summed E-state index contributed by atoms with van der Waals surface area (Å²) in [6, 6.07) is 15.8. The van der Waals surface area contributed by atoms with Crippen molar-refractivity contribution in [3.05, 3.63) is 61.2 Å². The van der Waals surface area contributed by atoms with Crippen LogP contribution in [0.2, 0.25) is 0 Å². The second kappa shape index (κ2) is 14.0. The summed E-state index contributed by atoms with van der Waals surface area (Å²) in [5.74, 6) is 1.36. The SMILES string of the molecule is Cn1nc[n+](C)c1N=Nc1ccc(NCCCNc2ccc(N=Nc3n(C)nc[n+]3C)cc2)cc1.O=S(=O)([O-])[O-]. The maximum atomic E-state index is 8.52. The second-order valence-electron chi connectivity index (χ2n) is 8.44. The highest BCUT2D eigenvalue weighted by molar-refractivity contribution is 7.79. The number of anilines is 2. The van der Waals surface area contributed by atoms with Gasteiger partial charge in [-0.2, -0.15) is 0 Å². The summed E-state index contributed by atoms with van der Waals surface area (Å²) in [5.41, 5.74) is 3.67. The standard InChI is InChI=1S/C23H28N12.H2O4S/c1-32-16-26-34(3)22(32)30-28-20-10-6-18(7-11-20)24-14-5-15-25-19-8-12-21(13-9-19)29-31-23-33(2)17-27-35(23)4;1-5(2,3)4/h6-13,16-17H,5,14-15H2,1-4H3;(H2,1,2,3,4). The molecule has 0 fully saturated rings. The Morgan fingerprint density at radius 3 is 1.38 bits per heavy atom. The minimum atomic E-state index is -5.17. The maximum Gasteiger partial charge on any atom is 0.403 e. The van der Waals surface area contributed by atoms with Crippen LogP contribution >= 0.6 is 0 Å². The van der Waals surface area contributed by atoms with Crippen LogP contribution < -0.4 is 19.8 Å². The molecule has 0 spiro atoms. The molecule has 0 saturated heterocycles. The van der Waals surface area contributed by atoms with Crippen molar-refractivity contribution < 1.29 is 26.7 Å². The minimum absolute atomic E-state index is 0.678. The van der Waals surface area contributed by atoms with Crippen LogP contribution in [0.25, 0.3) is 0 Å². The highest BCUT2D eigenvalue weighted by atomic mass is 32.3. The number of rotatable bonds is 10. The third-order valence-electron chi connectivity index (χ3n) is 5.26. The van der Waals surface area contributed by atoms with Crippen molar-refractivity contribution in [1.82, 2.24) is 19.6 Å². The van der Waals surface area contributed by atoms with Crippen LogP contribution in [0.4, 0.5) is 34.6 Å². The lowest BCUT2D eigenvalue weighted by Crippen LogP contribution is -2.25. The normalized spacial score (nSPS) is 11.6. The van der Waals surface area contributed by atoms with Gasteiger partial charge in [-0.05, 0) is 65.1 Å². The molecule has 2 N–H and O–H groups in total. The predicted octanol–water partition coefficient (Wildman–Crippen LogP) is 2.21. The van der Waals surface area contributed by atoms with Crippen LogP contribution in [0.15, 0.2) is 81.6 Å². The molecular formula is C23H30N12O4S. The van der Waals surface area contributed by atoms with E-state index < -0.39 is 10.4 Å². The Bertz CT molecular complexity index is 1400. The molecule has 2 aromatic heterocycles. The van der Waals surface area contributed by atoms with Crippen molar-refractivity contribution in [1.29, 1.82) is 0 Å². The van der Waals surface area contributed by atoms with E-state index in [2.05, 4.69) is 41.3 Å². The summed E-state index contributed by atoms with van der Waals surface area (Å²) < 4.78 is 41.1. The Hall–Kier alpha value is -4.61. The summed E-state index contributed by atoms with van der Waals surface area (Å²) in [4.78, 5) is 0. The number of azo groups is 2. The van der Waals surface area contributed by atoms with E-state index in [1.807, 2.05) is 85.9 Å².